The molecule has 0 unspecified atom stereocenters. The highest BCUT2D eigenvalue weighted by molar-refractivity contribution is 8.26. The van der Waals surface area contributed by atoms with Gasteiger partial charge in [0, 0.05) is 32.2 Å². The quantitative estimate of drug-likeness (QED) is 0.401. The Labute approximate surface area is 185 Å². The fourth-order valence-electron chi connectivity index (χ4n) is 3.86. The molecule has 0 N–H and O–H groups in total. The number of ether oxygens (including phenoxy) is 1. The van der Waals surface area contributed by atoms with Crippen molar-refractivity contribution in [3.05, 3.63) is 44.6 Å². The molecule has 2 atom stereocenters. The third-order valence-corrected chi connectivity index (χ3v) is 6.53. The number of nitriles is 1. The van der Waals surface area contributed by atoms with Crippen molar-refractivity contribution in [2.45, 2.75) is 33.0 Å². The van der Waals surface area contributed by atoms with Crippen LogP contribution in [0, 0.1) is 18.3 Å². The predicted molar refractivity (Wildman–Crippen MR) is 123 cm³/mol. The first-order chi connectivity index (χ1) is 14.2. The summed E-state index contributed by atoms with van der Waals surface area (Å²) in [5, 5.41) is 9.57. The number of morpholine rings is 1. The summed E-state index contributed by atoms with van der Waals surface area (Å²) in [4.78, 5) is 29.7. The molecule has 0 aliphatic carbocycles. The Morgan fingerprint density at radius 3 is 2.53 bits per heavy atom. The summed E-state index contributed by atoms with van der Waals surface area (Å²) in [6, 6.07) is 2.02. The lowest BCUT2D eigenvalue weighted by Gasteiger charge is -2.38. The normalized spacial score (nSPS) is 23.2. The maximum atomic E-state index is 12.9. The zero-order valence-corrected chi connectivity index (χ0v) is 19.1. The van der Waals surface area contributed by atoms with E-state index in [9.17, 15) is 14.9 Å². The lowest BCUT2D eigenvalue weighted by molar-refractivity contribution is -0.121. The van der Waals surface area contributed by atoms with E-state index in [1.54, 1.807) is 26.1 Å². The number of aromatic nitrogens is 1. The van der Waals surface area contributed by atoms with Gasteiger partial charge in [0.05, 0.1) is 17.1 Å². The second kappa shape index (κ2) is 8.76. The van der Waals surface area contributed by atoms with Crippen molar-refractivity contribution in [3.63, 3.8) is 0 Å². The Balaban J connectivity index is 2.21. The number of thioether (sulfide) groups is 1. The van der Waals surface area contributed by atoms with Gasteiger partial charge in [0.1, 0.15) is 21.8 Å². The average molecular weight is 445 g/mol. The molecule has 3 heterocycles. The molecule has 7 nitrogen and oxygen atoms in total. The molecule has 0 aromatic carbocycles. The van der Waals surface area contributed by atoms with Gasteiger partial charge in [-0.1, -0.05) is 30.1 Å². The first-order valence-electron chi connectivity index (χ1n) is 9.59. The monoisotopic (exact) mass is 444 g/mol. The van der Waals surface area contributed by atoms with Gasteiger partial charge in [-0.15, -0.1) is 6.58 Å². The van der Waals surface area contributed by atoms with Gasteiger partial charge in [-0.25, -0.2) is 0 Å². The summed E-state index contributed by atoms with van der Waals surface area (Å²) in [7, 11) is 1.66. The van der Waals surface area contributed by atoms with E-state index in [2.05, 4.69) is 11.5 Å². The average Bonchev–Trinajstić information content (AvgIpc) is 2.93. The fourth-order valence-corrected chi connectivity index (χ4v) is 5.12. The standard InChI is InChI=1S/C21H24N4O3S2/c1-6-7-25-20(27)17(30-21(25)29)8-15-14(4)16(9-22)19(26)23(5)18(15)24-10-12(2)28-13(3)11-24/h6,8,12-13H,1,7,10-11H2,2-5H3/b17-8-/t12-,13-/m0/s1. The molecule has 0 radical (unpaired) electrons. The molecule has 0 saturated carbocycles. The van der Waals surface area contributed by atoms with Gasteiger partial charge in [-0.2, -0.15) is 5.26 Å². The van der Waals surface area contributed by atoms with E-state index in [0.717, 1.165) is 0 Å². The van der Waals surface area contributed by atoms with E-state index in [0.29, 0.717) is 45.8 Å². The molecular weight excluding hydrogens is 420 g/mol. The van der Waals surface area contributed by atoms with E-state index in [4.69, 9.17) is 17.0 Å². The van der Waals surface area contributed by atoms with Gasteiger partial charge in [-0.3, -0.25) is 19.1 Å². The lowest BCUT2D eigenvalue weighted by atomic mass is 10.0. The van der Waals surface area contributed by atoms with Gasteiger partial charge in [0.25, 0.3) is 11.5 Å². The van der Waals surface area contributed by atoms with Crippen molar-refractivity contribution in [1.82, 2.24) is 9.47 Å². The minimum absolute atomic E-state index is 0.0153. The van der Waals surface area contributed by atoms with Crippen LogP contribution in [0.3, 0.4) is 0 Å². The Kier molecular flexibility index (Phi) is 6.50. The smallest absolute Gasteiger partial charge is 0.270 e. The molecule has 30 heavy (non-hydrogen) atoms. The fraction of sp³-hybridized carbons (Fsp3) is 0.429. The van der Waals surface area contributed by atoms with Gasteiger partial charge < -0.3 is 9.64 Å². The van der Waals surface area contributed by atoms with Crippen LogP contribution in [0.4, 0.5) is 5.82 Å². The highest BCUT2D eigenvalue weighted by Crippen LogP contribution is 2.36. The van der Waals surface area contributed by atoms with Gasteiger partial charge in [0.15, 0.2) is 0 Å². The molecule has 2 saturated heterocycles. The predicted octanol–water partition coefficient (Wildman–Crippen LogP) is 2.57. The van der Waals surface area contributed by atoms with Crippen molar-refractivity contribution < 1.29 is 9.53 Å². The van der Waals surface area contributed by atoms with E-state index in [1.165, 1.54) is 21.2 Å². The van der Waals surface area contributed by atoms with E-state index in [-0.39, 0.29) is 29.2 Å². The molecule has 158 valence electrons. The number of thiocarbonyl (C=S) groups is 1. The molecule has 0 spiro atoms. The lowest BCUT2D eigenvalue weighted by Crippen LogP contribution is -2.47. The summed E-state index contributed by atoms with van der Waals surface area (Å²) >= 11 is 6.55. The Hall–Kier alpha value is -2.41. The van der Waals surface area contributed by atoms with E-state index in [1.807, 2.05) is 19.9 Å². The molecule has 9 heteroatoms. The van der Waals surface area contributed by atoms with Crippen LogP contribution in [0.2, 0.25) is 0 Å². The topological polar surface area (TPSA) is 78.6 Å². The molecule has 1 aromatic rings. The zero-order chi connectivity index (χ0) is 22.2. The maximum absolute atomic E-state index is 12.9. The number of anilines is 1. The second-order valence-electron chi connectivity index (χ2n) is 7.46. The number of hydrogen-bond acceptors (Lipinski definition) is 7. The molecule has 3 rings (SSSR count). The number of pyridine rings is 1. The molecule has 0 bridgehead atoms. The summed E-state index contributed by atoms with van der Waals surface area (Å²) < 4.78 is 7.80. The van der Waals surface area contributed by atoms with Crippen molar-refractivity contribution in [2.75, 3.05) is 24.5 Å². The molecule has 2 aliphatic rings. The highest BCUT2D eigenvalue weighted by atomic mass is 32.2. The van der Waals surface area contributed by atoms with Gasteiger partial charge >= 0.3 is 0 Å². The number of nitrogens with zero attached hydrogens (tertiary/aromatic N) is 4. The van der Waals surface area contributed by atoms with Gasteiger partial charge in [-0.05, 0) is 32.4 Å². The molecular formula is C21H24N4O3S2. The number of carbonyl (C=O) groups excluding carboxylic acids is 1. The van der Waals surface area contributed by atoms with Gasteiger partial charge in [0.2, 0.25) is 0 Å². The molecule has 1 aromatic heterocycles. The Morgan fingerprint density at radius 2 is 1.97 bits per heavy atom. The molecule has 1 amide bonds. The van der Waals surface area contributed by atoms with Crippen LogP contribution < -0.4 is 10.5 Å². The molecule has 2 aliphatic heterocycles. The SMILES string of the molecule is C=CCN1C(=O)/C(=C/c2c(C)c(C#N)c(=O)n(C)c2N2C[C@H](C)O[C@@H](C)C2)SC1=S. The van der Waals surface area contributed by atoms with Crippen LogP contribution in [0.5, 0.6) is 0 Å². The summed E-state index contributed by atoms with van der Waals surface area (Å²) in [5.74, 6) is 0.471. The number of rotatable bonds is 4. The largest absolute Gasteiger partial charge is 0.372 e. The van der Waals surface area contributed by atoms with Crippen LogP contribution in [0.1, 0.15) is 30.5 Å². The van der Waals surface area contributed by atoms with Crippen LogP contribution in [-0.4, -0.2) is 51.5 Å². The third-order valence-electron chi connectivity index (χ3n) is 5.15. The minimum Gasteiger partial charge on any atom is -0.372 e. The Morgan fingerprint density at radius 1 is 1.33 bits per heavy atom. The van der Waals surface area contributed by atoms with Crippen molar-refractivity contribution in [1.29, 1.82) is 5.26 Å². The van der Waals surface area contributed by atoms with Crippen LogP contribution in [0.25, 0.3) is 6.08 Å². The molecule has 2 fully saturated rings. The van der Waals surface area contributed by atoms with E-state index < -0.39 is 0 Å². The summed E-state index contributed by atoms with van der Waals surface area (Å²) in [6.45, 7) is 10.9. The van der Waals surface area contributed by atoms with Crippen LogP contribution in [-0.2, 0) is 16.6 Å². The van der Waals surface area contributed by atoms with Crippen molar-refractivity contribution in [2.24, 2.45) is 7.05 Å². The number of carbonyl (C=O) groups is 1. The van der Waals surface area contributed by atoms with Crippen LogP contribution in [0.15, 0.2) is 22.4 Å². The second-order valence-corrected chi connectivity index (χ2v) is 9.13. The highest BCUT2D eigenvalue weighted by Gasteiger charge is 2.33. The van der Waals surface area contributed by atoms with Crippen LogP contribution >= 0.6 is 24.0 Å². The zero-order valence-electron chi connectivity index (χ0n) is 17.5. The first-order valence-corrected chi connectivity index (χ1v) is 10.8. The first kappa shape index (κ1) is 22.3. The summed E-state index contributed by atoms with van der Waals surface area (Å²) in [6.07, 6.45) is 3.34. The number of hydrogen-bond donors (Lipinski definition) is 0. The van der Waals surface area contributed by atoms with Crippen molar-refractivity contribution >= 4 is 46.1 Å². The van der Waals surface area contributed by atoms with Crippen molar-refractivity contribution in [3.8, 4) is 6.07 Å². The maximum Gasteiger partial charge on any atom is 0.270 e. The third kappa shape index (κ3) is 3.95. The van der Waals surface area contributed by atoms with E-state index >= 15 is 0 Å². The Bertz CT molecular complexity index is 1040. The summed E-state index contributed by atoms with van der Waals surface area (Å²) in [5.41, 5.74) is 0.946. The number of amides is 1. The minimum atomic E-state index is -0.354.